The van der Waals surface area contributed by atoms with Gasteiger partial charge in [0.1, 0.15) is 0 Å². The highest BCUT2D eigenvalue weighted by Gasteiger charge is 2.23. The van der Waals surface area contributed by atoms with Gasteiger partial charge in [-0.25, -0.2) is 0 Å². The molecule has 2 fully saturated rings. The quantitative estimate of drug-likeness (QED) is 0.185. The summed E-state index contributed by atoms with van der Waals surface area (Å²) in [5, 5.41) is 6.76. The highest BCUT2D eigenvalue weighted by molar-refractivity contribution is 14.0. The van der Waals surface area contributed by atoms with Crippen molar-refractivity contribution in [2.45, 2.75) is 38.6 Å². The van der Waals surface area contributed by atoms with Gasteiger partial charge >= 0.3 is 0 Å². The molecule has 0 bridgehead atoms. The maximum atomic E-state index is 5.75. The third-order valence-corrected chi connectivity index (χ3v) is 5.02. The number of nitrogens with zero attached hydrogens (tertiary/aromatic N) is 2. The Balaban J connectivity index is 0.00000364. The number of methoxy groups -OCH3 is 1. The topological polar surface area (TPSA) is 67.4 Å². The molecule has 2 rings (SSSR count). The van der Waals surface area contributed by atoms with Gasteiger partial charge in [-0.1, -0.05) is 0 Å². The fourth-order valence-corrected chi connectivity index (χ4v) is 3.49. The van der Waals surface area contributed by atoms with Crippen LogP contribution in [0.3, 0.4) is 0 Å². The summed E-state index contributed by atoms with van der Waals surface area (Å²) in [6, 6.07) is 0.539. The zero-order valence-corrected chi connectivity index (χ0v) is 19.4. The Morgan fingerprint density at radius 1 is 1.26 bits per heavy atom. The number of aliphatic imine (C=N–C) groups is 1. The van der Waals surface area contributed by atoms with Crippen LogP contribution in [-0.4, -0.2) is 89.8 Å². The third kappa shape index (κ3) is 10.3. The predicted molar refractivity (Wildman–Crippen MR) is 120 cm³/mol. The van der Waals surface area contributed by atoms with Gasteiger partial charge < -0.3 is 24.8 Å². The molecule has 2 heterocycles. The molecule has 0 aliphatic carbocycles. The van der Waals surface area contributed by atoms with Crippen LogP contribution in [0.5, 0.6) is 0 Å². The Hall–Kier alpha value is -0.160. The van der Waals surface area contributed by atoms with Gasteiger partial charge in [-0.2, -0.15) is 0 Å². The van der Waals surface area contributed by atoms with E-state index in [1.54, 1.807) is 7.11 Å². The molecular formula is C19H39IN4O3. The molecule has 2 aliphatic rings. The van der Waals surface area contributed by atoms with Crippen LogP contribution in [0.1, 0.15) is 32.6 Å². The molecule has 27 heavy (non-hydrogen) atoms. The molecule has 2 unspecified atom stereocenters. The van der Waals surface area contributed by atoms with Crippen LogP contribution in [0, 0.1) is 5.92 Å². The maximum absolute atomic E-state index is 5.75. The number of likely N-dealkylation sites (tertiary alicyclic amines) is 1. The number of rotatable bonds is 12. The fraction of sp³-hybridized carbons (Fsp3) is 0.947. The minimum Gasteiger partial charge on any atom is -0.383 e. The highest BCUT2D eigenvalue weighted by atomic mass is 127. The van der Waals surface area contributed by atoms with Crippen LogP contribution < -0.4 is 10.6 Å². The van der Waals surface area contributed by atoms with Crippen LogP contribution in [0.25, 0.3) is 0 Å². The maximum Gasteiger partial charge on any atom is 0.191 e. The minimum absolute atomic E-state index is 0. The average molecular weight is 498 g/mol. The lowest BCUT2D eigenvalue weighted by Gasteiger charge is -2.23. The van der Waals surface area contributed by atoms with Crippen LogP contribution in [-0.2, 0) is 14.2 Å². The lowest BCUT2D eigenvalue weighted by molar-refractivity contribution is 0.0888. The fourth-order valence-electron chi connectivity index (χ4n) is 3.49. The van der Waals surface area contributed by atoms with E-state index in [1.165, 1.54) is 12.8 Å². The van der Waals surface area contributed by atoms with Crippen molar-refractivity contribution in [3.8, 4) is 0 Å². The molecule has 2 saturated heterocycles. The summed E-state index contributed by atoms with van der Waals surface area (Å²) in [5.41, 5.74) is 0. The van der Waals surface area contributed by atoms with Crippen molar-refractivity contribution < 1.29 is 14.2 Å². The van der Waals surface area contributed by atoms with Gasteiger partial charge in [-0.3, -0.25) is 9.89 Å². The largest absolute Gasteiger partial charge is 0.383 e. The number of guanidine groups is 1. The Morgan fingerprint density at radius 2 is 2.15 bits per heavy atom. The van der Waals surface area contributed by atoms with Crippen LogP contribution in [0.15, 0.2) is 4.99 Å². The van der Waals surface area contributed by atoms with Crippen molar-refractivity contribution in [3.63, 3.8) is 0 Å². The summed E-state index contributed by atoms with van der Waals surface area (Å²) in [4.78, 5) is 7.29. The van der Waals surface area contributed by atoms with E-state index in [9.17, 15) is 0 Å². The van der Waals surface area contributed by atoms with E-state index in [0.717, 1.165) is 84.6 Å². The van der Waals surface area contributed by atoms with Crippen molar-refractivity contribution in [1.29, 1.82) is 0 Å². The molecular weight excluding hydrogens is 459 g/mol. The average Bonchev–Trinajstić information content (AvgIpc) is 3.32. The zero-order chi connectivity index (χ0) is 18.5. The van der Waals surface area contributed by atoms with Gasteiger partial charge in [0.15, 0.2) is 5.96 Å². The van der Waals surface area contributed by atoms with Gasteiger partial charge in [-0.05, 0) is 39.2 Å². The van der Waals surface area contributed by atoms with Crippen molar-refractivity contribution in [1.82, 2.24) is 15.5 Å². The first-order valence-corrected chi connectivity index (χ1v) is 10.2. The summed E-state index contributed by atoms with van der Waals surface area (Å²) in [5.74, 6) is 1.50. The van der Waals surface area contributed by atoms with Gasteiger partial charge in [0, 0.05) is 51.9 Å². The molecule has 2 atom stereocenters. The van der Waals surface area contributed by atoms with E-state index in [0.29, 0.717) is 12.0 Å². The Kier molecular flexibility index (Phi) is 14.5. The Bertz CT molecular complexity index is 395. The van der Waals surface area contributed by atoms with Gasteiger partial charge in [-0.15, -0.1) is 24.0 Å². The molecule has 160 valence electrons. The predicted octanol–water partition coefficient (Wildman–Crippen LogP) is 1.71. The number of nitrogens with one attached hydrogen (secondary N) is 2. The molecule has 0 saturated carbocycles. The van der Waals surface area contributed by atoms with Gasteiger partial charge in [0.2, 0.25) is 0 Å². The monoisotopic (exact) mass is 498 g/mol. The SMILES string of the molecule is CCNC(=NCC1CCCN1CCOC)NCCCOCC1CCOC1.I. The first-order valence-electron chi connectivity index (χ1n) is 10.2. The molecule has 0 aromatic rings. The standard InChI is InChI=1S/C19H38N4O3.HI/c1-3-20-19(21-8-5-11-25-15-17-7-12-26-16-17)22-14-18-6-4-9-23(18)10-13-24-2;/h17-18H,3-16H2,1-2H3,(H2,20,21,22);1H. The zero-order valence-electron chi connectivity index (χ0n) is 17.1. The van der Waals surface area contributed by atoms with E-state index in [2.05, 4.69) is 22.5 Å². The number of halogens is 1. The normalized spacial score (nSPS) is 23.4. The molecule has 0 radical (unpaired) electrons. The Morgan fingerprint density at radius 3 is 2.89 bits per heavy atom. The Labute approximate surface area is 182 Å². The van der Waals surface area contributed by atoms with Crippen molar-refractivity contribution in [2.24, 2.45) is 10.9 Å². The van der Waals surface area contributed by atoms with Crippen LogP contribution >= 0.6 is 24.0 Å². The lowest BCUT2D eigenvalue weighted by atomic mass is 10.1. The number of hydrogen-bond acceptors (Lipinski definition) is 5. The van der Waals surface area contributed by atoms with E-state index >= 15 is 0 Å². The summed E-state index contributed by atoms with van der Waals surface area (Å²) in [6.45, 7) is 11.0. The second-order valence-electron chi connectivity index (χ2n) is 7.13. The lowest BCUT2D eigenvalue weighted by Crippen LogP contribution is -2.40. The molecule has 2 N–H and O–H groups in total. The summed E-state index contributed by atoms with van der Waals surface area (Å²) >= 11 is 0. The van der Waals surface area contributed by atoms with E-state index < -0.39 is 0 Å². The second-order valence-corrected chi connectivity index (χ2v) is 7.13. The molecule has 0 aromatic carbocycles. The van der Waals surface area contributed by atoms with Crippen LogP contribution in [0.4, 0.5) is 0 Å². The summed E-state index contributed by atoms with van der Waals surface area (Å²) < 4.78 is 16.3. The molecule has 0 spiro atoms. The van der Waals surface area contributed by atoms with E-state index in [4.69, 9.17) is 19.2 Å². The first-order chi connectivity index (χ1) is 12.8. The highest BCUT2D eigenvalue weighted by Crippen LogP contribution is 2.16. The van der Waals surface area contributed by atoms with E-state index in [1.807, 2.05) is 0 Å². The number of ether oxygens (including phenoxy) is 3. The molecule has 7 nitrogen and oxygen atoms in total. The molecule has 8 heteroatoms. The molecule has 2 aliphatic heterocycles. The van der Waals surface area contributed by atoms with Gasteiger partial charge in [0.25, 0.3) is 0 Å². The second kappa shape index (κ2) is 15.7. The van der Waals surface area contributed by atoms with Crippen molar-refractivity contribution >= 4 is 29.9 Å². The van der Waals surface area contributed by atoms with Gasteiger partial charge in [0.05, 0.1) is 26.4 Å². The van der Waals surface area contributed by atoms with Crippen molar-refractivity contribution in [2.75, 3.05) is 72.9 Å². The smallest absolute Gasteiger partial charge is 0.191 e. The summed E-state index contributed by atoms with van der Waals surface area (Å²) in [6.07, 6.45) is 4.61. The van der Waals surface area contributed by atoms with Crippen molar-refractivity contribution in [3.05, 3.63) is 0 Å². The molecule has 0 aromatic heterocycles. The summed E-state index contributed by atoms with van der Waals surface area (Å²) in [7, 11) is 1.77. The third-order valence-electron chi connectivity index (χ3n) is 5.02. The van der Waals surface area contributed by atoms with E-state index in [-0.39, 0.29) is 24.0 Å². The van der Waals surface area contributed by atoms with Crippen LogP contribution in [0.2, 0.25) is 0 Å². The first kappa shape index (κ1) is 24.9. The molecule has 0 amide bonds. The minimum atomic E-state index is 0. The number of hydrogen-bond donors (Lipinski definition) is 2.